The largest absolute Gasteiger partial charge is 0.492 e. The summed E-state index contributed by atoms with van der Waals surface area (Å²) in [4.78, 5) is 16.1. The molecule has 24 heavy (non-hydrogen) atoms. The van der Waals surface area contributed by atoms with Crippen molar-refractivity contribution < 1.29 is 9.53 Å². The molecular formula is C19H17N3O2. The van der Waals surface area contributed by atoms with Crippen LogP contribution >= 0.6 is 0 Å². The first-order valence-electron chi connectivity index (χ1n) is 7.69. The molecule has 0 aliphatic carbocycles. The summed E-state index contributed by atoms with van der Waals surface area (Å²) < 4.78 is 7.48. The van der Waals surface area contributed by atoms with Gasteiger partial charge in [-0.15, -0.1) is 0 Å². The van der Waals surface area contributed by atoms with Gasteiger partial charge in [0.1, 0.15) is 29.8 Å². The predicted molar refractivity (Wildman–Crippen MR) is 91.2 cm³/mol. The Kier molecular flexibility index (Phi) is 4.30. The monoisotopic (exact) mass is 319 g/mol. The molecule has 0 bridgehead atoms. The lowest BCUT2D eigenvalue weighted by atomic mass is 10.1. The summed E-state index contributed by atoms with van der Waals surface area (Å²) in [6.45, 7) is 4.65. The number of ether oxygens (including phenoxy) is 1. The molecule has 0 radical (unpaired) electrons. The lowest BCUT2D eigenvalue weighted by Gasteiger charge is -2.09. The molecule has 3 rings (SSSR count). The summed E-state index contributed by atoms with van der Waals surface area (Å²) >= 11 is 0. The Hall–Kier alpha value is -3.13. The number of carbonyl (C=O) groups excluding carboxylic acids is 1. The van der Waals surface area contributed by atoms with Crippen LogP contribution in [0.25, 0.3) is 11.0 Å². The van der Waals surface area contributed by atoms with Crippen LogP contribution in [0.15, 0.2) is 36.4 Å². The van der Waals surface area contributed by atoms with Crippen molar-refractivity contribution in [3.05, 3.63) is 58.9 Å². The standard InChI is InChI=1S/C19H17N3O2/c1-13-10-14(2)21-19-18(13)16(11-20)17(12-23)22(19)8-9-24-15-6-4-3-5-7-15/h3-7,10,12H,8-9H2,1-2H3. The number of nitrogens with zero attached hydrogens (tertiary/aromatic N) is 3. The summed E-state index contributed by atoms with van der Waals surface area (Å²) in [7, 11) is 0. The van der Waals surface area contributed by atoms with Gasteiger partial charge in [0.15, 0.2) is 6.29 Å². The molecule has 0 aliphatic rings. The molecule has 0 atom stereocenters. The smallest absolute Gasteiger partial charge is 0.167 e. The molecule has 0 spiro atoms. The molecule has 2 heterocycles. The third kappa shape index (κ3) is 2.74. The molecule has 0 aliphatic heterocycles. The van der Waals surface area contributed by atoms with Crippen molar-refractivity contribution in [1.82, 2.24) is 9.55 Å². The van der Waals surface area contributed by atoms with Gasteiger partial charge in [-0.25, -0.2) is 4.98 Å². The summed E-state index contributed by atoms with van der Waals surface area (Å²) in [5.41, 5.74) is 3.18. The highest BCUT2D eigenvalue weighted by molar-refractivity contribution is 5.95. The van der Waals surface area contributed by atoms with Crippen molar-refractivity contribution >= 4 is 17.3 Å². The second-order valence-corrected chi connectivity index (χ2v) is 5.58. The number of hydrogen-bond donors (Lipinski definition) is 0. The third-order valence-electron chi connectivity index (χ3n) is 3.93. The number of pyridine rings is 1. The molecule has 1 aromatic carbocycles. The van der Waals surface area contributed by atoms with Crippen LogP contribution in [-0.2, 0) is 6.54 Å². The van der Waals surface area contributed by atoms with E-state index >= 15 is 0 Å². The number of aryl methyl sites for hydroxylation is 2. The molecule has 5 heteroatoms. The van der Waals surface area contributed by atoms with E-state index in [2.05, 4.69) is 11.1 Å². The number of hydrogen-bond acceptors (Lipinski definition) is 4. The number of aromatic nitrogens is 2. The molecule has 0 N–H and O–H groups in total. The third-order valence-corrected chi connectivity index (χ3v) is 3.93. The Balaban J connectivity index is 2.00. The molecule has 5 nitrogen and oxygen atoms in total. The fourth-order valence-electron chi connectivity index (χ4n) is 2.93. The van der Waals surface area contributed by atoms with Gasteiger partial charge in [0.05, 0.1) is 12.1 Å². The van der Waals surface area contributed by atoms with E-state index in [0.717, 1.165) is 28.7 Å². The summed E-state index contributed by atoms with van der Waals surface area (Å²) in [6.07, 6.45) is 0.720. The van der Waals surface area contributed by atoms with E-state index in [-0.39, 0.29) is 0 Å². The quantitative estimate of drug-likeness (QED) is 0.676. The van der Waals surface area contributed by atoms with Crippen LogP contribution in [0.3, 0.4) is 0 Å². The highest BCUT2D eigenvalue weighted by Crippen LogP contribution is 2.27. The molecule has 3 aromatic rings. The van der Waals surface area contributed by atoms with Crippen LogP contribution in [0.1, 0.15) is 27.3 Å². The second-order valence-electron chi connectivity index (χ2n) is 5.58. The Bertz CT molecular complexity index is 937. The van der Waals surface area contributed by atoms with Gasteiger partial charge in [-0.05, 0) is 37.6 Å². The SMILES string of the molecule is Cc1cc(C)c2c(C#N)c(C=O)n(CCOc3ccccc3)c2n1. The number of benzene rings is 1. The Labute approximate surface area is 140 Å². The number of aldehydes is 1. The first kappa shape index (κ1) is 15.8. The second kappa shape index (κ2) is 6.55. The molecule has 2 aromatic heterocycles. The van der Waals surface area contributed by atoms with Gasteiger partial charge in [-0.1, -0.05) is 18.2 Å². The molecule has 0 unspecified atom stereocenters. The zero-order valence-corrected chi connectivity index (χ0v) is 13.6. The van der Waals surface area contributed by atoms with Crippen LogP contribution in [0, 0.1) is 25.2 Å². The fraction of sp³-hybridized carbons (Fsp3) is 0.211. The van der Waals surface area contributed by atoms with Crippen molar-refractivity contribution in [2.75, 3.05) is 6.61 Å². The van der Waals surface area contributed by atoms with Crippen molar-refractivity contribution in [2.45, 2.75) is 20.4 Å². The van der Waals surface area contributed by atoms with Crippen molar-refractivity contribution in [3.8, 4) is 11.8 Å². The highest BCUT2D eigenvalue weighted by Gasteiger charge is 2.19. The van der Waals surface area contributed by atoms with Crippen molar-refractivity contribution in [2.24, 2.45) is 0 Å². The van der Waals surface area contributed by atoms with Gasteiger partial charge in [-0.2, -0.15) is 5.26 Å². The number of rotatable bonds is 5. The maximum atomic E-state index is 11.6. The number of para-hydroxylation sites is 1. The lowest BCUT2D eigenvalue weighted by molar-refractivity contribution is 0.111. The predicted octanol–water partition coefficient (Wildman–Crippen LogP) is 3.42. The van der Waals surface area contributed by atoms with Crippen molar-refractivity contribution in [3.63, 3.8) is 0 Å². The zero-order chi connectivity index (χ0) is 17.1. The Morgan fingerprint density at radius 1 is 1.29 bits per heavy atom. The van der Waals surface area contributed by atoms with Gasteiger partial charge in [0.25, 0.3) is 0 Å². The average Bonchev–Trinajstić information content (AvgIpc) is 2.89. The van der Waals surface area contributed by atoms with E-state index in [9.17, 15) is 10.1 Å². The first-order valence-corrected chi connectivity index (χ1v) is 7.69. The first-order chi connectivity index (χ1) is 11.7. The molecule has 0 amide bonds. The molecule has 0 saturated carbocycles. The number of carbonyl (C=O) groups is 1. The lowest BCUT2D eigenvalue weighted by Crippen LogP contribution is -2.11. The van der Waals surface area contributed by atoms with Crippen LogP contribution < -0.4 is 4.74 Å². The summed E-state index contributed by atoms with van der Waals surface area (Å²) in [5.74, 6) is 0.766. The van der Waals surface area contributed by atoms with Crippen LogP contribution in [0.5, 0.6) is 5.75 Å². The van der Waals surface area contributed by atoms with Gasteiger partial charge >= 0.3 is 0 Å². The summed E-state index contributed by atoms with van der Waals surface area (Å²) in [6, 6.07) is 13.5. The Morgan fingerprint density at radius 2 is 2.04 bits per heavy atom. The van der Waals surface area contributed by atoms with Gasteiger partial charge in [0, 0.05) is 11.1 Å². The minimum absolute atomic E-state index is 0.352. The van der Waals surface area contributed by atoms with Crippen LogP contribution in [0.2, 0.25) is 0 Å². The number of nitriles is 1. The van der Waals surface area contributed by atoms with E-state index in [1.165, 1.54) is 0 Å². The normalized spacial score (nSPS) is 10.5. The van der Waals surface area contributed by atoms with E-state index < -0.39 is 0 Å². The van der Waals surface area contributed by atoms with Gasteiger partial charge < -0.3 is 9.30 Å². The van der Waals surface area contributed by atoms with E-state index in [0.29, 0.717) is 30.1 Å². The van der Waals surface area contributed by atoms with Gasteiger partial charge in [0.2, 0.25) is 0 Å². The maximum Gasteiger partial charge on any atom is 0.167 e. The minimum Gasteiger partial charge on any atom is -0.492 e. The maximum absolute atomic E-state index is 11.6. The Morgan fingerprint density at radius 3 is 2.71 bits per heavy atom. The van der Waals surface area contributed by atoms with Crippen LogP contribution in [-0.4, -0.2) is 22.4 Å². The molecule has 0 fully saturated rings. The van der Waals surface area contributed by atoms with Crippen molar-refractivity contribution in [1.29, 1.82) is 5.26 Å². The van der Waals surface area contributed by atoms with Gasteiger partial charge in [-0.3, -0.25) is 4.79 Å². The molecule has 0 saturated heterocycles. The molecular weight excluding hydrogens is 302 g/mol. The van der Waals surface area contributed by atoms with E-state index in [1.54, 1.807) is 4.57 Å². The molecule has 120 valence electrons. The topological polar surface area (TPSA) is 67.9 Å². The average molecular weight is 319 g/mol. The van der Waals surface area contributed by atoms with E-state index in [4.69, 9.17) is 4.74 Å². The summed E-state index contributed by atoms with van der Waals surface area (Å²) in [5, 5.41) is 10.2. The number of fused-ring (bicyclic) bond motifs is 1. The minimum atomic E-state index is 0.352. The fourth-order valence-corrected chi connectivity index (χ4v) is 2.93. The zero-order valence-electron chi connectivity index (χ0n) is 13.6. The van der Waals surface area contributed by atoms with E-state index in [1.807, 2.05) is 50.2 Å². The van der Waals surface area contributed by atoms with Crippen LogP contribution in [0.4, 0.5) is 0 Å². The highest BCUT2D eigenvalue weighted by atomic mass is 16.5.